The van der Waals surface area contributed by atoms with Crippen LogP contribution in [0.5, 0.6) is 0 Å². The van der Waals surface area contributed by atoms with Gasteiger partial charge >= 0.3 is 0 Å². The second-order valence-electron chi connectivity index (χ2n) is 4.19. The van der Waals surface area contributed by atoms with Crippen LogP contribution >= 0.6 is 27.3 Å². The lowest BCUT2D eigenvalue weighted by atomic mass is 10.0. The van der Waals surface area contributed by atoms with Crippen LogP contribution in [0.3, 0.4) is 0 Å². The lowest BCUT2D eigenvalue weighted by Crippen LogP contribution is -2.44. The van der Waals surface area contributed by atoms with E-state index in [9.17, 15) is 8.42 Å². The standard InChI is InChI=1S/C10H16BrNO2S2/c1-5-10(2,3)12(4)16(13,14)9-8(11)6-7-15-9/h6-7H,5H2,1-4H3. The van der Waals surface area contributed by atoms with Crippen LogP contribution in [0.1, 0.15) is 27.2 Å². The van der Waals surface area contributed by atoms with E-state index < -0.39 is 10.0 Å². The summed E-state index contributed by atoms with van der Waals surface area (Å²) in [4.78, 5) is 0. The number of nitrogens with zero attached hydrogens (tertiary/aromatic N) is 1. The molecule has 1 heterocycles. The van der Waals surface area contributed by atoms with Gasteiger partial charge in [-0.3, -0.25) is 0 Å². The van der Waals surface area contributed by atoms with Crippen LogP contribution in [-0.2, 0) is 10.0 Å². The Morgan fingerprint density at radius 3 is 2.44 bits per heavy atom. The van der Waals surface area contributed by atoms with Crippen LogP contribution in [0.4, 0.5) is 0 Å². The van der Waals surface area contributed by atoms with Crippen LogP contribution in [-0.4, -0.2) is 25.3 Å². The molecular formula is C10H16BrNO2S2. The molecule has 0 aliphatic rings. The van der Waals surface area contributed by atoms with E-state index in [4.69, 9.17) is 0 Å². The van der Waals surface area contributed by atoms with Crippen molar-refractivity contribution in [3.05, 3.63) is 15.9 Å². The van der Waals surface area contributed by atoms with E-state index in [0.29, 0.717) is 8.68 Å². The average molecular weight is 326 g/mol. The summed E-state index contributed by atoms with van der Waals surface area (Å²) in [5, 5.41) is 1.77. The first-order chi connectivity index (χ1) is 7.23. The van der Waals surface area contributed by atoms with Crippen molar-refractivity contribution in [3.63, 3.8) is 0 Å². The summed E-state index contributed by atoms with van der Waals surface area (Å²) >= 11 is 4.50. The summed E-state index contributed by atoms with van der Waals surface area (Å²) in [6, 6.07) is 1.75. The van der Waals surface area contributed by atoms with Crippen molar-refractivity contribution in [2.75, 3.05) is 7.05 Å². The molecule has 0 bridgehead atoms. The third-order valence-electron chi connectivity index (χ3n) is 2.90. The highest BCUT2D eigenvalue weighted by atomic mass is 79.9. The van der Waals surface area contributed by atoms with Crippen molar-refractivity contribution in [1.82, 2.24) is 4.31 Å². The minimum Gasteiger partial charge on any atom is -0.206 e. The Morgan fingerprint density at radius 1 is 1.50 bits per heavy atom. The van der Waals surface area contributed by atoms with Crippen LogP contribution < -0.4 is 0 Å². The largest absolute Gasteiger partial charge is 0.253 e. The fourth-order valence-corrected chi connectivity index (χ4v) is 5.18. The zero-order chi connectivity index (χ0) is 12.6. The van der Waals surface area contributed by atoms with E-state index in [1.54, 1.807) is 18.5 Å². The van der Waals surface area contributed by atoms with Gasteiger partial charge in [0.1, 0.15) is 4.21 Å². The molecule has 0 aliphatic carbocycles. The van der Waals surface area contributed by atoms with Gasteiger partial charge in [0, 0.05) is 17.1 Å². The monoisotopic (exact) mass is 325 g/mol. The lowest BCUT2D eigenvalue weighted by Gasteiger charge is -2.33. The summed E-state index contributed by atoms with van der Waals surface area (Å²) in [6.45, 7) is 5.83. The van der Waals surface area contributed by atoms with Gasteiger partial charge in [-0.2, -0.15) is 4.31 Å². The highest BCUT2D eigenvalue weighted by molar-refractivity contribution is 9.10. The molecule has 6 heteroatoms. The van der Waals surface area contributed by atoms with Gasteiger partial charge in [-0.25, -0.2) is 8.42 Å². The maximum atomic E-state index is 12.3. The average Bonchev–Trinajstić information content (AvgIpc) is 2.63. The smallest absolute Gasteiger partial charge is 0.206 e. The molecular weight excluding hydrogens is 310 g/mol. The second kappa shape index (κ2) is 4.76. The van der Waals surface area contributed by atoms with E-state index in [1.165, 1.54) is 15.6 Å². The minimum absolute atomic E-state index is 0.372. The Labute approximate surface area is 110 Å². The van der Waals surface area contributed by atoms with E-state index >= 15 is 0 Å². The van der Waals surface area contributed by atoms with E-state index in [0.717, 1.165) is 6.42 Å². The first-order valence-corrected chi connectivity index (χ1v) is 8.07. The van der Waals surface area contributed by atoms with Gasteiger partial charge in [0.2, 0.25) is 0 Å². The maximum absolute atomic E-state index is 12.3. The number of sulfonamides is 1. The molecule has 0 aliphatic heterocycles. The molecule has 0 radical (unpaired) electrons. The molecule has 1 aromatic heterocycles. The number of hydrogen-bond donors (Lipinski definition) is 0. The van der Waals surface area contributed by atoms with Crippen molar-refractivity contribution in [2.24, 2.45) is 0 Å². The zero-order valence-electron chi connectivity index (χ0n) is 9.82. The van der Waals surface area contributed by atoms with Gasteiger partial charge in [0.25, 0.3) is 10.0 Å². The molecule has 1 rings (SSSR count). The molecule has 0 unspecified atom stereocenters. The Kier molecular flexibility index (Phi) is 4.21. The zero-order valence-corrected chi connectivity index (χ0v) is 13.0. The van der Waals surface area contributed by atoms with Crippen molar-refractivity contribution < 1.29 is 8.42 Å². The summed E-state index contributed by atoms with van der Waals surface area (Å²) in [5.74, 6) is 0. The fraction of sp³-hybridized carbons (Fsp3) is 0.600. The molecule has 1 aromatic rings. The first-order valence-electron chi connectivity index (χ1n) is 4.95. The minimum atomic E-state index is -3.39. The number of halogens is 1. The SMILES string of the molecule is CCC(C)(C)N(C)S(=O)(=O)c1sccc1Br. The van der Waals surface area contributed by atoms with E-state index in [2.05, 4.69) is 15.9 Å². The Hall–Kier alpha value is 0.0900. The number of rotatable bonds is 4. The van der Waals surface area contributed by atoms with Gasteiger partial charge in [-0.05, 0) is 47.6 Å². The molecule has 0 saturated heterocycles. The predicted octanol–water partition coefficient (Wildman–Crippen LogP) is 3.32. The van der Waals surface area contributed by atoms with Gasteiger partial charge in [0.05, 0.1) is 0 Å². The Bertz CT molecular complexity index is 465. The van der Waals surface area contributed by atoms with Crippen LogP contribution in [0.25, 0.3) is 0 Å². The summed E-state index contributed by atoms with van der Waals surface area (Å²) < 4.78 is 27.1. The molecule has 0 spiro atoms. The topological polar surface area (TPSA) is 37.4 Å². The van der Waals surface area contributed by atoms with Gasteiger partial charge in [0.15, 0.2) is 0 Å². The quantitative estimate of drug-likeness (QED) is 0.851. The molecule has 0 aromatic carbocycles. The molecule has 0 amide bonds. The highest BCUT2D eigenvalue weighted by Crippen LogP contribution is 2.33. The third-order valence-corrected chi connectivity index (χ3v) is 7.61. The molecule has 0 N–H and O–H groups in total. The van der Waals surface area contributed by atoms with Crippen molar-refractivity contribution in [1.29, 1.82) is 0 Å². The highest BCUT2D eigenvalue weighted by Gasteiger charge is 2.34. The number of thiophene rings is 1. The summed E-state index contributed by atoms with van der Waals surface area (Å²) in [7, 11) is -1.76. The van der Waals surface area contributed by atoms with Crippen molar-refractivity contribution in [2.45, 2.75) is 36.9 Å². The maximum Gasteiger partial charge on any atom is 0.253 e. The predicted molar refractivity (Wildman–Crippen MR) is 71.3 cm³/mol. The fourth-order valence-electron chi connectivity index (χ4n) is 1.14. The normalized spacial score (nSPS) is 13.4. The molecule has 0 saturated carbocycles. The van der Waals surface area contributed by atoms with Gasteiger partial charge in [-0.1, -0.05) is 6.92 Å². The Morgan fingerprint density at radius 2 is 2.06 bits per heavy atom. The van der Waals surface area contributed by atoms with Crippen LogP contribution in [0.15, 0.2) is 20.1 Å². The first kappa shape index (κ1) is 14.2. The molecule has 0 fully saturated rings. The summed E-state index contributed by atoms with van der Waals surface area (Å²) in [5.41, 5.74) is -0.373. The number of hydrogen-bond acceptors (Lipinski definition) is 3. The molecule has 16 heavy (non-hydrogen) atoms. The van der Waals surface area contributed by atoms with E-state index in [-0.39, 0.29) is 5.54 Å². The van der Waals surface area contributed by atoms with E-state index in [1.807, 2.05) is 20.8 Å². The summed E-state index contributed by atoms with van der Waals surface area (Å²) in [6.07, 6.45) is 0.770. The van der Waals surface area contributed by atoms with Crippen molar-refractivity contribution in [3.8, 4) is 0 Å². The molecule has 3 nitrogen and oxygen atoms in total. The van der Waals surface area contributed by atoms with Gasteiger partial charge in [-0.15, -0.1) is 11.3 Å². The third kappa shape index (κ3) is 2.50. The van der Waals surface area contributed by atoms with Crippen LogP contribution in [0.2, 0.25) is 0 Å². The lowest BCUT2D eigenvalue weighted by molar-refractivity contribution is 0.257. The Balaban J connectivity index is 3.19. The molecule has 0 atom stereocenters. The van der Waals surface area contributed by atoms with Gasteiger partial charge < -0.3 is 0 Å². The molecule has 92 valence electrons. The van der Waals surface area contributed by atoms with Crippen molar-refractivity contribution >= 4 is 37.3 Å². The van der Waals surface area contributed by atoms with Crippen LogP contribution in [0, 0.1) is 0 Å². The second-order valence-corrected chi connectivity index (χ2v) is 8.13.